The Hall–Kier alpha value is -3.12. The summed E-state index contributed by atoms with van der Waals surface area (Å²) in [6, 6.07) is 17.3. The SMILES string of the molecule is O=C(Cl)c1cccc(NC(=O)c2ccccc2-c2ccc(C(F)(F)F)cc2)c1. The minimum absolute atomic E-state index is 0.232. The van der Waals surface area contributed by atoms with Crippen LogP contribution in [0.2, 0.25) is 0 Å². The van der Waals surface area contributed by atoms with Crippen molar-refractivity contribution >= 4 is 28.4 Å². The Balaban J connectivity index is 1.91. The highest BCUT2D eigenvalue weighted by Crippen LogP contribution is 2.32. The maximum atomic E-state index is 12.8. The van der Waals surface area contributed by atoms with Crippen molar-refractivity contribution in [2.75, 3.05) is 5.32 Å². The summed E-state index contributed by atoms with van der Waals surface area (Å²) < 4.78 is 38.3. The van der Waals surface area contributed by atoms with E-state index in [1.165, 1.54) is 24.3 Å². The average Bonchev–Trinajstić information content (AvgIpc) is 2.67. The van der Waals surface area contributed by atoms with E-state index in [0.29, 0.717) is 16.8 Å². The van der Waals surface area contributed by atoms with Gasteiger partial charge in [-0.3, -0.25) is 9.59 Å². The molecular formula is C21H13ClF3NO2. The van der Waals surface area contributed by atoms with Gasteiger partial charge in [0.15, 0.2) is 0 Å². The Morgan fingerprint density at radius 3 is 2.18 bits per heavy atom. The predicted octanol–water partition coefficient (Wildman–Crippen LogP) is 6.00. The quantitative estimate of drug-likeness (QED) is 0.543. The van der Waals surface area contributed by atoms with E-state index >= 15 is 0 Å². The Labute approximate surface area is 163 Å². The molecule has 3 aromatic rings. The van der Waals surface area contributed by atoms with Gasteiger partial charge in [0.1, 0.15) is 0 Å². The van der Waals surface area contributed by atoms with Crippen LogP contribution in [0.4, 0.5) is 18.9 Å². The summed E-state index contributed by atoms with van der Waals surface area (Å²) in [5.74, 6) is -0.463. The number of carbonyl (C=O) groups is 2. The van der Waals surface area contributed by atoms with Gasteiger partial charge in [0.2, 0.25) is 0 Å². The van der Waals surface area contributed by atoms with E-state index in [4.69, 9.17) is 11.6 Å². The fourth-order valence-electron chi connectivity index (χ4n) is 2.69. The van der Waals surface area contributed by atoms with Gasteiger partial charge in [-0.05, 0) is 59.1 Å². The number of rotatable bonds is 4. The number of halogens is 4. The number of hydrogen-bond donors (Lipinski definition) is 1. The summed E-state index contributed by atoms with van der Waals surface area (Å²) in [5, 5.41) is 2.02. The van der Waals surface area contributed by atoms with E-state index in [1.54, 1.807) is 36.4 Å². The van der Waals surface area contributed by atoms with Crippen LogP contribution < -0.4 is 5.32 Å². The van der Waals surface area contributed by atoms with Gasteiger partial charge in [-0.25, -0.2) is 0 Å². The van der Waals surface area contributed by atoms with Crippen LogP contribution in [0.15, 0.2) is 72.8 Å². The summed E-state index contributed by atoms with van der Waals surface area (Å²) in [4.78, 5) is 24.0. The maximum absolute atomic E-state index is 12.8. The van der Waals surface area contributed by atoms with Crippen LogP contribution in [0.3, 0.4) is 0 Å². The van der Waals surface area contributed by atoms with E-state index in [2.05, 4.69) is 5.32 Å². The van der Waals surface area contributed by atoms with Crippen LogP contribution in [0, 0.1) is 0 Å². The zero-order valence-corrected chi connectivity index (χ0v) is 15.0. The second-order valence-electron chi connectivity index (χ2n) is 5.93. The lowest BCUT2D eigenvalue weighted by molar-refractivity contribution is -0.137. The normalized spacial score (nSPS) is 11.1. The van der Waals surface area contributed by atoms with Crippen LogP contribution in [0.25, 0.3) is 11.1 Å². The fourth-order valence-corrected chi connectivity index (χ4v) is 2.81. The van der Waals surface area contributed by atoms with E-state index in [9.17, 15) is 22.8 Å². The van der Waals surface area contributed by atoms with Gasteiger partial charge in [-0.1, -0.05) is 36.4 Å². The molecule has 7 heteroatoms. The van der Waals surface area contributed by atoms with E-state index < -0.39 is 22.9 Å². The lowest BCUT2D eigenvalue weighted by atomic mass is 9.98. The zero-order chi connectivity index (χ0) is 20.3. The van der Waals surface area contributed by atoms with Gasteiger partial charge in [0.25, 0.3) is 11.1 Å². The molecule has 0 fully saturated rings. The lowest BCUT2D eigenvalue weighted by Gasteiger charge is -2.12. The number of carbonyl (C=O) groups excluding carboxylic acids is 2. The average molecular weight is 404 g/mol. The molecule has 28 heavy (non-hydrogen) atoms. The maximum Gasteiger partial charge on any atom is 0.416 e. The Morgan fingerprint density at radius 1 is 0.857 bits per heavy atom. The van der Waals surface area contributed by atoms with Crippen molar-refractivity contribution in [3.63, 3.8) is 0 Å². The largest absolute Gasteiger partial charge is 0.416 e. The molecule has 0 aliphatic heterocycles. The summed E-state index contributed by atoms with van der Waals surface area (Å²) in [5.41, 5.74) is 1.08. The van der Waals surface area contributed by atoms with Crippen molar-refractivity contribution in [1.82, 2.24) is 0 Å². The minimum Gasteiger partial charge on any atom is -0.322 e. The summed E-state index contributed by atoms with van der Waals surface area (Å²) in [6.45, 7) is 0. The number of alkyl halides is 3. The third-order valence-corrected chi connectivity index (χ3v) is 4.26. The predicted molar refractivity (Wildman–Crippen MR) is 101 cm³/mol. The molecule has 0 radical (unpaired) electrons. The van der Waals surface area contributed by atoms with Gasteiger partial charge in [0, 0.05) is 16.8 Å². The smallest absolute Gasteiger partial charge is 0.322 e. The Kier molecular flexibility index (Phi) is 5.51. The molecule has 0 saturated carbocycles. The standard InChI is InChI=1S/C21H13ClF3NO2/c22-19(27)14-4-3-5-16(12-14)26-20(28)18-7-2-1-6-17(18)13-8-10-15(11-9-13)21(23,24)25/h1-12H,(H,26,28). The molecule has 0 aliphatic rings. The van der Waals surface area contributed by atoms with Crippen molar-refractivity contribution in [3.8, 4) is 11.1 Å². The third-order valence-electron chi connectivity index (χ3n) is 4.04. The summed E-state index contributed by atoms with van der Waals surface area (Å²) in [7, 11) is 0. The van der Waals surface area contributed by atoms with Crippen LogP contribution in [0.1, 0.15) is 26.3 Å². The lowest BCUT2D eigenvalue weighted by Crippen LogP contribution is -2.13. The number of anilines is 1. The van der Waals surface area contributed by atoms with Crippen LogP contribution >= 0.6 is 11.6 Å². The molecule has 0 saturated heterocycles. The van der Waals surface area contributed by atoms with Crippen molar-refractivity contribution in [2.24, 2.45) is 0 Å². The molecule has 0 heterocycles. The highest BCUT2D eigenvalue weighted by atomic mass is 35.5. The first-order valence-corrected chi connectivity index (χ1v) is 8.51. The molecule has 3 nitrogen and oxygen atoms in total. The Bertz CT molecular complexity index is 1030. The first-order valence-electron chi connectivity index (χ1n) is 8.13. The molecular weight excluding hydrogens is 391 g/mol. The number of nitrogens with one attached hydrogen (secondary N) is 1. The third kappa shape index (κ3) is 4.40. The topological polar surface area (TPSA) is 46.2 Å². The highest BCUT2D eigenvalue weighted by molar-refractivity contribution is 6.67. The minimum atomic E-state index is -4.43. The van der Waals surface area contributed by atoms with E-state index in [1.807, 2.05) is 0 Å². The van der Waals surface area contributed by atoms with Crippen LogP contribution in [0.5, 0.6) is 0 Å². The monoisotopic (exact) mass is 403 g/mol. The van der Waals surface area contributed by atoms with Gasteiger partial charge in [-0.2, -0.15) is 13.2 Å². The number of hydrogen-bond acceptors (Lipinski definition) is 2. The molecule has 1 amide bonds. The van der Waals surface area contributed by atoms with Crippen molar-refractivity contribution in [1.29, 1.82) is 0 Å². The Morgan fingerprint density at radius 2 is 1.54 bits per heavy atom. The van der Waals surface area contributed by atoms with Crippen LogP contribution in [-0.2, 0) is 6.18 Å². The molecule has 3 aromatic carbocycles. The summed E-state index contributed by atoms with van der Waals surface area (Å²) >= 11 is 5.45. The molecule has 3 rings (SSSR count). The molecule has 0 atom stereocenters. The zero-order valence-electron chi connectivity index (χ0n) is 14.3. The molecule has 0 aliphatic carbocycles. The van der Waals surface area contributed by atoms with E-state index in [-0.39, 0.29) is 11.1 Å². The first-order chi connectivity index (χ1) is 13.3. The molecule has 142 valence electrons. The van der Waals surface area contributed by atoms with Crippen molar-refractivity contribution < 1.29 is 22.8 Å². The van der Waals surface area contributed by atoms with Gasteiger partial charge in [0.05, 0.1) is 5.56 Å². The molecule has 0 spiro atoms. The second-order valence-corrected chi connectivity index (χ2v) is 6.27. The molecule has 1 N–H and O–H groups in total. The first kappa shape index (κ1) is 19.6. The van der Waals surface area contributed by atoms with E-state index in [0.717, 1.165) is 12.1 Å². The fraction of sp³-hybridized carbons (Fsp3) is 0.0476. The molecule has 0 unspecified atom stereocenters. The van der Waals surface area contributed by atoms with Crippen molar-refractivity contribution in [2.45, 2.75) is 6.18 Å². The highest BCUT2D eigenvalue weighted by Gasteiger charge is 2.30. The molecule has 0 aromatic heterocycles. The second kappa shape index (κ2) is 7.86. The van der Waals surface area contributed by atoms with Gasteiger partial charge >= 0.3 is 6.18 Å². The number of amides is 1. The van der Waals surface area contributed by atoms with Crippen LogP contribution in [-0.4, -0.2) is 11.1 Å². The van der Waals surface area contributed by atoms with Gasteiger partial charge < -0.3 is 5.32 Å². The van der Waals surface area contributed by atoms with Gasteiger partial charge in [-0.15, -0.1) is 0 Å². The number of benzene rings is 3. The molecule has 0 bridgehead atoms. The summed E-state index contributed by atoms with van der Waals surface area (Å²) in [6.07, 6.45) is -4.43. The van der Waals surface area contributed by atoms with Crippen molar-refractivity contribution in [3.05, 3.63) is 89.5 Å².